The standard InChI is InChI=1S/C19H24BrN3O3/c1-4-9-22-19-16(25-3)10-13(17(20)18(19)21)11-26-15-8-6-5-7-14(15)23-12(2)24/h5-8,10,22H,4,9,11,21H2,1-3H3,(H,23,24). The summed E-state index contributed by atoms with van der Waals surface area (Å²) < 4.78 is 12.1. The summed E-state index contributed by atoms with van der Waals surface area (Å²) in [4.78, 5) is 11.3. The van der Waals surface area contributed by atoms with E-state index in [-0.39, 0.29) is 12.5 Å². The van der Waals surface area contributed by atoms with Gasteiger partial charge in [0.25, 0.3) is 0 Å². The second-order valence-electron chi connectivity index (χ2n) is 5.73. The fourth-order valence-corrected chi connectivity index (χ4v) is 2.88. The molecule has 0 unspecified atom stereocenters. The van der Waals surface area contributed by atoms with Gasteiger partial charge in [0, 0.05) is 23.5 Å². The van der Waals surface area contributed by atoms with E-state index in [4.69, 9.17) is 15.2 Å². The van der Waals surface area contributed by atoms with Crippen molar-refractivity contribution in [2.24, 2.45) is 0 Å². The first-order valence-electron chi connectivity index (χ1n) is 8.36. The lowest BCUT2D eigenvalue weighted by atomic mass is 10.1. The fraction of sp³-hybridized carbons (Fsp3) is 0.316. The lowest BCUT2D eigenvalue weighted by Crippen LogP contribution is -2.09. The Balaban J connectivity index is 2.25. The van der Waals surface area contributed by atoms with Crippen LogP contribution in [-0.4, -0.2) is 19.6 Å². The lowest BCUT2D eigenvalue weighted by Gasteiger charge is -2.18. The van der Waals surface area contributed by atoms with E-state index in [1.165, 1.54) is 6.92 Å². The second kappa shape index (κ2) is 9.33. The largest absolute Gasteiger partial charge is 0.494 e. The molecule has 0 aromatic heterocycles. The smallest absolute Gasteiger partial charge is 0.221 e. The molecule has 0 aliphatic rings. The van der Waals surface area contributed by atoms with Gasteiger partial charge in [0.1, 0.15) is 23.8 Å². The van der Waals surface area contributed by atoms with Crippen molar-refractivity contribution in [3.63, 3.8) is 0 Å². The third kappa shape index (κ3) is 4.82. The topological polar surface area (TPSA) is 85.6 Å². The van der Waals surface area contributed by atoms with Gasteiger partial charge >= 0.3 is 0 Å². The summed E-state index contributed by atoms with van der Waals surface area (Å²) in [5, 5.41) is 6.04. The minimum atomic E-state index is -0.153. The molecule has 0 saturated heterocycles. The minimum absolute atomic E-state index is 0.153. The number of halogens is 1. The first kappa shape index (κ1) is 19.9. The molecule has 0 heterocycles. The van der Waals surface area contributed by atoms with Gasteiger partial charge in [0.05, 0.1) is 18.5 Å². The maximum atomic E-state index is 11.3. The van der Waals surface area contributed by atoms with Gasteiger partial charge in [0.15, 0.2) is 0 Å². The summed E-state index contributed by atoms with van der Waals surface area (Å²) in [6.07, 6.45) is 0.977. The molecule has 0 saturated carbocycles. The van der Waals surface area contributed by atoms with Crippen LogP contribution in [0.3, 0.4) is 0 Å². The molecular weight excluding hydrogens is 398 g/mol. The number of methoxy groups -OCH3 is 1. The third-order valence-electron chi connectivity index (χ3n) is 3.69. The van der Waals surface area contributed by atoms with Gasteiger partial charge in [-0.25, -0.2) is 0 Å². The van der Waals surface area contributed by atoms with Crippen LogP contribution in [0.5, 0.6) is 11.5 Å². The van der Waals surface area contributed by atoms with Crippen LogP contribution in [0.1, 0.15) is 25.8 Å². The Labute approximate surface area is 162 Å². The molecule has 2 aromatic carbocycles. The zero-order valence-corrected chi connectivity index (χ0v) is 16.8. The van der Waals surface area contributed by atoms with Gasteiger partial charge in [-0.3, -0.25) is 4.79 Å². The predicted octanol–water partition coefficient (Wildman–Crippen LogP) is 4.40. The Bertz CT molecular complexity index is 781. The van der Waals surface area contributed by atoms with Gasteiger partial charge in [-0.2, -0.15) is 0 Å². The van der Waals surface area contributed by atoms with E-state index in [0.29, 0.717) is 22.9 Å². The SMILES string of the molecule is CCCNc1c(OC)cc(COc2ccccc2NC(C)=O)c(Br)c1N. The number of ether oxygens (including phenoxy) is 2. The number of rotatable bonds is 8. The van der Waals surface area contributed by atoms with Crippen LogP contribution in [0, 0.1) is 0 Å². The van der Waals surface area contributed by atoms with Crippen molar-refractivity contribution in [3.05, 3.63) is 40.4 Å². The van der Waals surface area contributed by atoms with Crippen LogP contribution >= 0.6 is 15.9 Å². The molecule has 0 fully saturated rings. The van der Waals surface area contributed by atoms with Crippen molar-refractivity contribution in [1.82, 2.24) is 0 Å². The third-order valence-corrected chi connectivity index (χ3v) is 4.63. The van der Waals surface area contributed by atoms with Crippen LogP contribution in [0.2, 0.25) is 0 Å². The number of carbonyl (C=O) groups is 1. The zero-order chi connectivity index (χ0) is 19.1. The van der Waals surface area contributed by atoms with E-state index in [0.717, 1.165) is 28.7 Å². The van der Waals surface area contributed by atoms with Crippen LogP contribution < -0.4 is 25.8 Å². The maximum absolute atomic E-state index is 11.3. The van der Waals surface area contributed by atoms with Crippen molar-refractivity contribution in [1.29, 1.82) is 0 Å². The molecular formula is C19H24BrN3O3. The first-order chi connectivity index (χ1) is 12.5. The monoisotopic (exact) mass is 421 g/mol. The number of para-hydroxylation sites is 2. The molecule has 0 aliphatic carbocycles. The maximum Gasteiger partial charge on any atom is 0.221 e. The summed E-state index contributed by atoms with van der Waals surface area (Å²) in [6.45, 7) is 4.61. The number of benzene rings is 2. The Kier molecular flexibility index (Phi) is 7.15. The molecule has 1 amide bonds. The molecule has 2 aromatic rings. The van der Waals surface area contributed by atoms with E-state index >= 15 is 0 Å². The Hall–Kier alpha value is -2.41. The highest BCUT2D eigenvalue weighted by Gasteiger charge is 2.16. The number of hydrogen-bond acceptors (Lipinski definition) is 5. The summed E-state index contributed by atoms with van der Waals surface area (Å²) in [7, 11) is 1.61. The van der Waals surface area contributed by atoms with E-state index in [2.05, 4.69) is 33.5 Å². The molecule has 0 aliphatic heterocycles. The lowest BCUT2D eigenvalue weighted by molar-refractivity contribution is -0.114. The molecule has 7 heteroatoms. The van der Waals surface area contributed by atoms with E-state index in [9.17, 15) is 4.79 Å². The van der Waals surface area contributed by atoms with Crippen molar-refractivity contribution in [2.75, 3.05) is 30.0 Å². The van der Waals surface area contributed by atoms with Crippen LogP contribution in [0.25, 0.3) is 0 Å². The molecule has 0 bridgehead atoms. The second-order valence-corrected chi connectivity index (χ2v) is 6.53. The average Bonchev–Trinajstić information content (AvgIpc) is 2.62. The van der Waals surface area contributed by atoms with Crippen LogP contribution in [-0.2, 0) is 11.4 Å². The Morgan fingerprint density at radius 2 is 2.00 bits per heavy atom. The van der Waals surface area contributed by atoms with E-state index < -0.39 is 0 Å². The van der Waals surface area contributed by atoms with Crippen LogP contribution in [0.15, 0.2) is 34.8 Å². The van der Waals surface area contributed by atoms with E-state index in [1.807, 2.05) is 18.2 Å². The summed E-state index contributed by atoms with van der Waals surface area (Å²) in [5.74, 6) is 1.09. The number of anilines is 3. The van der Waals surface area contributed by atoms with Gasteiger partial charge < -0.3 is 25.8 Å². The van der Waals surface area contributed by atoms with Gasteiger partial charge in [0.2, 0.25) is 5.91 Å². The molecule has 4 N–H and O–H groups in total. The molecule has 2 rings (SSSR count). The number of hydrogen-bond donors (Lipinski definition) is 3. The first-order valence-corrected chi connectivity index (χ1v) is 9.15. The van der Waals surface area contributed by atoms with Crippen molar-refractivity contribution >= 4 is 38.9 Å². The van der Waals surface area contributed by atoms with Crippen molar-refractivity contribution in [3.8, 4) is 11.5 Å². The molecule has 0 radical (unpaired) electrons. The molecule has 140 valence electrons. The highest BCUT2D eigenvalue weighted by atomic mass is 79.9. The molecule has 26 heavy (non-hydrogen) atoms. The summed E-state index contributed by atoms with van der Waals surface area (Å²) in [6, 6.07) is 9.17. The Morgan fingerprint density at radius 1 is 1.27 bits per heavy atom. The number of carbonyl (C=O) groups excluding carboxylic acids is 1. The predicted molar refractivity (Wildman–Crippen MR) is 109 cm³/mol. The fourth-order valence-electron chi connectivity index (χ4n) is 2.45. The van der Waals surface area contributed by atoms with Gasteiger partial charge in [-0.15, -0.1) is 0 Å². The number of nitrogen functional groups attached to an aromatic ring is 1. The van der Waals surface area contributed by atoms with Crippen molar-refractivity contribution < 1.29 is 14.3 Å². The number of amides is 1. The van der Waals surface area contributed by atoms with Gasteiger partial charge in [-0.05, 0) is 40.5 Å². The highest BCUT2D eigenvalue weighted by Crippen LogP contribution is 2.40. The zero-order valence-electron chi connectivity index (χ0n) is 15.2. The molecule has 0 spiro atoms. The van der Waals surface area contributed by atoms with E-state index in [1.54, 1.807) is 19.2 Å². The van der Waals surface area contributed by atoms with Gasteiger partial charge in [-0.1, -0.05) is 19.1 Å². The minimum Gasteiger partial charge on any atom is -0.494 e. The molecule has 6 nitrogen and oxygen atoms in total. The normalized spacial score (nSPS) is 10.3. The summed E-state index contributed by atoms with van der Waals surface area (Å²) >= 11 is 3.55. The number of nitrogens with one attached hydrogen (secondary N) is 2. The Morgan fingerprint density at radius 3 is 2.65 bits per heavy atom. The molecule has 0 atom stereocenters. The quantitative estimate of drug-likeness (QED) is 0.549. The number of nitrogens with two attached hydrogens (primary N) is 1. The highest BCUT2D eigenvalue weighted by molar-refractivity contribution is 9.10. The summed E-state index contributed by atoms with van der Waals surface area (Å²) in [5.41, 5.74) is 9.07. The average molecular weight is 422 g/mol. The van der Waals surface area contributed by atoms with Crippen LogP contribution in [0.4, 0.5) is 17.1 Å². The van der Waals surface area contributed by atoms with Crippen molar-refractivity contribution in [2.45, 2.75) is 26.9 Å².